The summed E-state index contributed by atoms with van der Waals surface area (Å²) in [6, 6.07) is 0.168. The molecule has 6 heteroatoms. The Morgan fingerprint density at radius 1 is 1.29 bits per heavy atom. The minimum atomic E-state index is -3.06. The van der Waals surface area contributed by atoms with Gasteiger partial charge >= 0.3 is 0 Å². The summed E-state index contributed by atoms with van der Waals surface area (Å²) in [6.07, 6.45) is 6.84. The Bertz CT molecular complexity index is 307. The Balaban J connectivity index is 2.25. The summed E-state index contributed by atoms with van der Waals surface area (Å²) in [7, 11) is -1.18. The Labute approximate surface area is 109 Å². The fraction of sp³-hybridized carbons (Fsp3) is 1.00. The van der Waals surface area contributed by atoms with Crippen molar-refractivity contribution in [3.8, 4) is 0 Å². The monoisotopic (exact) mass is 280 g/mol. The highest BCUT2D eigenvalue weighted by atomic mass is 32.2. The van der Waals surface area contributed by atoms with Crippen molar-refractivity contribution in [3.63, 3.8) is 0 Å². The van der Waals surface area contributed by atoms with E-state index in [9.17, 15) is 8.42 Å². The molecule has 17 heavy (non-hydrogen) atoms. The van der Waals surface area contributed by atoms with Crippen LogP contribution in [0.1, 0.15) is 32.1 Å². The number of sulfonamides is 1. The van der Waals surface area contributed by atoms with Crippen LogP contribution < -0.4 is 10.0 Å². The van der Waals surface area contributed by atoms with Crippen molar-refractivity contribution in [3.05, 3.63) is 0 Å². The van der Waals surface area contributed by atoms with Gasteiger partial charge in [-0.25, -0.2) is 13.1 Å². The molecule has 102 valence electrons. The molecule has 0 radical (unpaired) electrons. The second-order valence-corrected chi connectivity index (χ2v) is 7.63. The summed E-state index contributed by atoms with van der Waals surface area (Å²) >= 11 is 1.84. The predicted octanol–water partition coefficient (Wildman–Crippen LogP) is 1.19. The largest absolute Gasteiger partial charge is 0.320 e. The highest BCUT2D eigenvalue weighted by Gasteiger charge is 2.27. The van der Waals surface area contributed by atoms with Gasteiger partial charge in [0.2, 0.25) is 10.0 Å². The van der Waals surface area contributed by atoms with Gasteiger partial charge in [0.1, 0.15) is 0 Å². The number of rotatable bonds is 8. The zero-order valence-corrected chi connectivity index (χ0v) is 12.4. The Morgan fingerprint density at radius 2 is 2.06 bits per heavy atom. The third-order valence-electron chi connectivity index (χ3n) is 3.15. The van der Waals surface area contributed by atoms with E-state index in [2.05, 4.69) is 16.3 Å². The van der Waals surface area contributed by atoms with Crippen LogP contribution >= 0.6 is 11.8 Å². The third kappa shape index (κ3) is 6.08. The van der Waals surface area contributed by atoms with Crippen molar-refractivity contribution in [2.45, 2.75) is 43.4 Å². The summed E-state index contributed by atoms with van der Waals surface area (Å²) in [5.41, 5.74) is 0. The molecule has 2 unspecified atom stereocenters. The molecule has 0 bridgehead atoms. The van der Waals surface area contributed by atoms with Crippen LogP contribution in [-0.2, 0) is 10.0 Å². The van der Waals surface area contributed by atoms with Crippen molar-refractivity contribution in [1.29, 1.82) is 0 Å². The van der Waals surface area contributed by atoms with Gasteiger partial charge in [0.05, 0.1) is 5.75 Å². The quantitative estimate of drug-likeness (QED) is 0.656. The van der Waals surface area contributed by atoms with Gasteiger partial charge in [0, 0.05) is 11.3 Å². The van der Waals surface area contributed by atoms with Crippen LogP contribution in [0.3, 0.4) is 0 Å². The summed E-state index contributed by atoms with van der Waals surface area (Å²) in [6.45, 7) is 0.882. The molecular weight excluding hydrogens is 256 g/mol. The lowest BCUT2D eigenvalue weighted by molar-refractivity contribution is 0.548. The molecular formula is C11H24N2O2S2. The second-order valence-electron chi connectivity index (χ2n) is 4.62. The minimum Gasteiger partial charge on any atom is -0.320 e. The molecule has 2 atom stereocenters. The predicted molar refractivity (Wildman–Crippen MR) is 75.0 cm³/mol. The zero-order valence-electron chi connectivity index (χ0n) is 10.7. The van der Waals surface area contributed by atoms with Crippen molar-refractivity contribution in [2.75, 3.05) is 25.6 Å². The standard InChI is InChI=1S/C11H24N2O2S2/c1-12-7-3-4-8-17(14,15)13-10-5-6-11(9-10)16-2/h10-13H,3-9H2,1-2H3. The number of thioether (sulfide) groups is 1. The fourth-order valence-corrected chi connectivity index (χ4v) is 4.39. The molecule has 4 nitrogen and oxygen atoms in total. The average Bonchev–Trinajstić information content (AvgIpc) is 2.71. The van der Waals surface area contributed by atoms with Crippen LogP contribution in [0.25, 0.3) is 0 Å². The maximum absolute atomic E-state index is 11.8. The van der Waals surface area contributed by atoms with Gasteiger partial charge < -0.3 is 5.32 Å². The Kier molecular flexibility index (Phi) is 6.84. The molecule has 2 N–H and O–H groups in total. The molecule has 1 rings (SSSR count). The summed E-state index contributed by atoms with van der Waals surface area (Å²) < 4.78 is 26.4. The molecule has 0 aromatic carbocycles. The van der Waals surface area contributed by atoms with Gasteiger partial charge in [-0.3, -0.25) is 0 Å². The molecule has 0 heterocycles. The summed E-state index contributed by atoms with van der Waals surface area (Å²) in [5, 5.41) is 3.65. The van der Waals surface area contributed by atoms with Gasteiger partial charge in [-0.2, -0.15) is 11.8 Å². The highest BCUT2D eigenvalue weighted by Crippen LogP contribution is 2.28. The van der Waals surface area contributed by atoms with Crippen LogP contribution in [0.15, 0.2) is 0 Å². The van der Waals surface area contributed by atoms with Crippen LogP contribution in [0.2, 0.25) is 0 Å². The smallest absolute Gasteiger partial charge is 0.211 e. The van der Waals surface area contributed by atoms with Crippen LogP contribution in [0.4, 0.5) is 0 Å². The lowest BCUT2D eigenvalue weighted by Gasteiger charge is -2.13. The van der Waals surface area contributed by atoms with Crippen molar-refractivity contribution in [1.82, 2.24) is 10.0 Å². The average molecular weight is 280 g/mol. The van der Waals surface area contributed by atoms with Crippen LogP contribution in [0, 0.1) is 0 Å². The molecule has 0 spiro atoms. The Hall–Kier alpha value is 0.220. The molecule has 1 aliphatic rings. The van der Waals surface area contributed by atoms with E-state index in [1.165, 1.54) is 0 Å². The van der Waals surface area contributed by atoms with E-state index in [4.69, 9.17) is 0 Å². The lowest BCUT2D eigenvalue weighted by Crippen LogP contribution is -2.35. The maximum Gasteiger partial charge on any atom is 0.211 e. The fourth-order valence-electron chi connectivity index (χ4n) is 2.17. The van der Waals surface area contributed by atoms with Gasteiger partial charge in [0.25, 0.3) is 0 Å². The van der Waals surface area contributed by atoms with E-state index in [0.29, 0.717) is 5.25 Å². The van der Waals surface area contributed by atoms with E-state index in [-0.39, 0.29) is 11.8 Å². The molecule has 1 aliphatic carbocycles. The first-order valence-corrected chi connectivity index (χ1v) is 9.19. The first kappa shape index (κ1) is 15.3. The topological polar surface area (TPSA) is 58.2 Å². The number of nitrogens with one attached hydrogen (secondary N) is 2. The van der Waals surface area contributed by atoms with Crippen molar-refractivity contribution < 1.29 is 8.42 Å². The Morgan fingerprint density at radius 3 is 2.65 bits per heavy atom. The molecule has 1 saturated carbocycles. The van der Waals surface area contributed by atoms with Gasteiger partial charge in [-0.05, 0) is 52.0 Å². The first-order chi connectivity index (χ1) is 8.07. The minimum absolute atomic E-state index is 0.168. The van der Waals surface area contributed by atoms with Crippen LogP contribution in [-0.4, -0.2) is 45.3 Å². The van der Waals surface area contributed by atoms with Crippen molar-refractivity contribution >= 4 is 21.8 Å². The van der Waals surface area contributed by atoms with E-state index in [0.717, 1.165) is 38.6 Å². The van der Waals surface area contributed by atoms with E-state index in [1.54, 1.807) is 0 Å². The van der Waals surface area contributed by atoms with Gasteiger partial charge in [-0.1, -0.05) is 0 Å². The molecule has 1 fully saturated rings. The summed E-state index contributed by atoms with van der Waals surface area (Å²) in [4.78, 5) is 0. The van der Waals surface area contributed by atoms with E-state index < -0.39 is 10.0 Å². The number of hydrogen-bond donors (Lipinski definition) is 2. The van der Waals surface area contributed by atoms with E-state index in [1.807, 2.05) is 18.8 Å². The maximum atomic E-state index is 11.8. The van der Waals surface area contributed by atoms with Gasteiger partial charge in [-0.15, -0.1) is 0 Å². The van der Waals surface area contributed by atoms with Gasteiger partial charge in [0.15, 0.2) is 0 Å². The normalized spacial score (nSPS) is 25.3. The highest BCUT2D eigenvalue weighted by molar-refractivity contribution is 7.99. The molecule has 0 amide bonds. The molecule has 0 aliphatic heterocycles. The van der Waals surface area contributed by atoms with Crippen molar-refractivity contribution in [2.24, 2.45) is 0 Å². The lowest BCUT2D eigenvalue weighted by atomic mass is 10.3. The SMILES string of the molecule is CNCCCCS(=O)(=O)NC1CCC(SC)C1. The molecule has 0 aromatic rings. The zero-order chi connectivity index (χ0) is 12.7. The second kappa shape index (κ2) is 7.61. The first-order valence-electron chi connectivity index (χ1n) is 6.25. The number of unbranched alkanes of at least 4 members (excludes halogenated alkanes) is 1. The van der Waals surface area contributed by atoms with Crippen LogP contribution in [0.5, 0.6) is 0 Å². The molecule has 0 aromatic heterocycles. The molecule has 0 saturated heterocycles. The number of hydrogen-bond acceptors (Lipinski definition) is 4. The van der Waals surface area contributed by atoms with E-state index >= 15 is 0 Å². The third-order valence-corrected chi connectivity index (χ3v) is 5.77. The summed E-state index contributed by atoms with van der Waals surface area (Å²) in [5.74, 6) is 0.259.